The summed E-state index contributed by atoms with van der Waals surface area (Å²) in [5, 5.41) is 0. The molecule has 3 aromatic heterocycles. The number of imidazole rings is 2. The molecule has 0 spiro atoms. The van der Waals surface area contributed by atoms with Gasteiger partial charge in [0.15, 0.2) is 0 Å². The summed E-state index contributed by atoms with van der Waals surface area (Å²) in [7, 11) is -2.00. The Labute approximate surface area is 182 Å². The summed E-state index contributed by atoms with van der Waals surface area (Å²) in [6.07, 6.45) is -0.164. The Morgan fingerprint density at radius 1 is 1.48 bits per heavy atom. The van der Waals surface area contributed by atoms with E-state index >= 15 is 0 Å². The second-order valence-corrected chi connectivity index (χ2v) is 10.1. The minimum atomic E-state index is -3.45. The maximum atomic E-state index is 12.6. The fourth-order valence-electron chi connectivity index (χ4n) is 3.59. The topological polar surface area (TPSA) is 182 Å². The van der Waals surface area contributed by atoms with Crippen molar-refractivity contribution >= 4 is 54.5 Å². The van der Waals surface area contributed by atoms with Crippen LogP contribution in [0.25, 0.3) is 11.2 Å². The van der Waals surface area contributed by atoms with Crippen molar-refractivity contribution in [3.8, 4) is 0 Å². The zero-order valence-electron chi connectivity index (χ0n) is 15.8. The first-order valence-corrected chi connectivity index (χ1v) is 12.1. The monoisotopic (exact) mass is 515 g/mol. The molecule has 2 aliphatic heterocycles. The van der Waals surface area contributed by atoms with Crippen LogP contribution >= 0.6 is 23.8 Å². The molecule has 4 atom stereocenters. The summed E-state index contributed by atoms with van der Waals surface area (Å²) in [5.41, 5.74) is 5.29. The first-order chi connectivity index (χ1) is 14.7. The van der Waals surface area contributed by atoms with Crippen molar-refractivity contribution in [2.24, 2.45) is 0 Å². The van der Waals surface area contributed by atoms with Crippen molar-refractivity contribution in [3.05, 3.63) is 33.8 Å². The first kappa shape index (κ1) is 20.5. The summed E-state index contributed by atoms with van der Waals surface area (Å²) >= 11 is 3.30. The molecule has 0 amide bonds. The Hall–Kier alpha value is -2.36. The Morgan fingerprint density at radius 2 is 2.29 bits per heavy atom. The van der Waals surface area contributed by atoms with E-state index in [0.717, 1.165) is 4.57 Å². The third-order valence-corrected chi connectivity index (χ3v) is 6.86. The third kappa shape index (κ3) is 3.54. The van der Waals surface area contributed by atoms with Crippen LogP contribution in [0.4, 0.5) is 10.7 Å². The number of fused-ring (bicyclic) bond motifs is 2. The average molecular weight is 516 g/mol. The molecular weight excluding hydrogens is 500 g/mol. The molecule has 164 valence electrons. The van der Waals surface area contributed by atoms with Gasteiger partial charge in [0, 0.05) is 0 Å². The number of nitrogens with one attached hydrogen (secondary N) is 1. The van der Waals surface area contributed by atoms with Crippen LogP contribution in [-0.4, -0.2) is 72.5 Å². The summed E-state index contributed by atoms with van der Waals surface area (Å²) in [4.78, 5) is 49.8. The molecule has 0 aromatic carbocycles. The number of aromatic amines is 1. The molecule has 1 unspecified atom stereocenters. The molecule has 3 aromatic rings. The number of nitrogens with two attached hydrogens (primary N) is 1. The molecule has 0 saturated carbocycles. The number of nitrogen functional groups attached to an aromatic ring is 1. The maximum absolute atomic E-state index is 12.6. The molecular formula is C14H16BBrN7O7P. The molecule has 31 heavy (non-hydrogen) atoms. The van der Waals surface area contributed by atoms with Gasteiger partial charge in [-0.1, -0.05) is 0 Å². The number of hydrogen-bond donors (Lipinski definition) is 3. The van der Waals surface area contributed by atoms with Crippen LogP contribution < -0.4 is 11.3 Å². The van der Waals surface area contributed by atoms with Crippen molar-refractivity contribution in [3.63, 3.8) is 0 Å². The van der Waals surface area contributed by atoms with E-state index in [2.05, 4.69) is 35.9 Å². The van der Waals surface area contributed by atoms with Gasteiger partial charge in [0.05, 0.1) is 0 Å². The molecule has 5 heterocycles. The fraction of sp³-hybridized carbons (Fsp3) is 0.357. The molecule has 14 nitrogen and oxygen atoms in total. The van der Waals surface area contributed by atoms with Gasteiger partial charge in [-0.3, -0.25) is 0 Å². The van der Waals surface area contributed by atoms with Crippen LogP contribution in [0.3, 0.4) is 0 Å². The van der Waals surface area contributed by atoms with E-state index in [-0.39, 0.29) is 28.5 Å². The Bertz CT molecular complexity index is 1220. The van der Waals surface area contributed by atoms with Crippen molar-refractivity contribution in [2.45, 2.75) is 24.5 Å². The predicted octanol–water partition coefficient (Wildman–Crippen LogP) is -0.938. The van der Waals surface area contributed by atoms with Crippen LogP contribution in [0.5, 0.6) is 0 Å². The standard InChI is InChI=1S/C14H16BBrN7O7P/c15-31(26)27-3-5-7(30-31)8(29-14(25)22-2-1-18-4-22)11(28-5)23-9-6(19-12(23)16)10(24)21-13(17)20-9/h1-2,4-5,7-8,11,26,31H,3,15H2,(H3,17,20,21,24)/t5-,7+,8?,11-/m1/s1. The van der Waals surface area contributed by atoms with Gasteiger partial charge in [-0.15, -0.1) is 0 Å². The van der Waals surface area contributed by atoms with E-state index in [0.29, 0.717) is 0 Å². The second-order valence-electron chi connectivity index (χ2n) is 7.05. The summed E-state index contributed by atoms with van der Waals surface area (Å²) in [5.74, 6) is -0.122. The Morgan fingerprint density at radius 3 is 3.03 bits per heavy atom. The number of hydrogen-bond acceptors (Lipinski definition) is 11. The van der Waals surface area contributed by atoms with Crippen molar-refractivity contribution in [1.82, 2.24) is 29.1 Å². The molecule has 4 N–H and O–H groups in total. The molecule has 0 aliphatic carbocycles. The van der Waals surface area contributed by atoms with E-state index in [9.17, 15) is 14.5 Å². The molecule has 5 rings (SSSR count). The quantitative estimate of drug-likeness (QED) is 0.217. The van der Waals surface area contributed by atoms with E-state index in [1.807, 2.05) is 0 Å². The first-order valence-electron chi connectivity index (χ1n) is 9.05. The number of aromatic nitrogens is 6. The molecule has 2 saturated heterocycles. The molecule has 17 heteroatoms. The van der Waals surface area contributed by atoms with Gasteiger partial charge >= 0.3 is 182 Å². The fourth-order valence-corrected chi connectivity index (χ4v) is 5.46. The number of halogens is 1. The molecule has 2 aliphatic rings. The van der Waals surface area contributed by atoms with Crippen molar-refractivity contribution in [2.75, 3.05) is 12.3 Å². The van der Waals surface area contributed by atoms with Gasteiger partial charge in [0.1, 0.15) is 0 Å². The van der Waals surface area contributed by atoms with Gasteiger partial charge < -0.3 is 0 Å². The summed E-state index contributed by atoms with van der Waals surface area (Å²) < 4.78 is 25.7. The van der Waals surface area contributed by atoms with Crippen LogP contribution in [-0.2, 0) is 18.5 Å². The van der Waals surface area contributed by atoms with Gasteiger partial charge in [-0.2, -0.15) is 0 Å². The second kappa shape index (κ2) is 7.36. The van der Waals surface area contributed by atoms with Crippen LogP contribution in [0.2, 0.25) is 0 Å². The van der Waals surface area contributed by atoms with Gasteiger partial charge in [-0.25, -0.2) is 0 Å². The molecule has 0 radical (unpaired) electrons. The average Bonchev–Trinajstić information content (AvgIpc) is 3.40. The number of ether oxygens (including phenoxy) is 2. The van der Waals surface area contributed by atoms with Gasteiger partial charge in [0.2, 0.25) is 0 Å². The van der Waals surface area contributed by atoms with Crippen molar-refractivity contribution < 1.29 is 28.2 Å². The number of carbonyl (C=O) groups excluding carboxylic acids is 1. The zero-order valence-corrected chi connectivity index (χ0v) is 18.4. The van der Waals surface area contributed by atoms with Crippen molar-refractivity contribution in [1.29, 1.82) is 0 Å². The summed E-state index contributed by atoms with van der Waals surface area (Å²) in [6, 6.07) is 0. The predicted molar refractivity (Wildman–Crippen MR) is 112 cm³/mol. The minimum absolute atomic E-state index is 0.0118. The molecule has 0 bridgehead atoms. The van der Waals surface area contributed by atoms with Crippen LogP contribution in [0.15, 0.2) is 28.2 Å². The number of H-pyrrole nitrogens is 1. The number of nitrogens with zero attached hydrogens (tertiary/aromatic N) is 5. The number of rotatable bonds is 2. The number of carbonyl (C=O) groups is 1. The SMILES string of the molecule is B[PH]1(O)OC[C@H]2O[C@@H](n3c(Br)nc4c(=O)[nH]c(N)nc43)C(OC(=O)n3ccnc3)[C@H]2O1. The van der Waals surface area contributed by atoms with Gasteiger partial charge in [0.25, 0.3) is 0 Å². The third-order valence-electron chi connectivity index (χ3n) is 4.89. The Kier molecular flexibility index (Phi) is 4.88. The Balaban J connectivity index is 1.59. The van der Waals surface area contributed by atoms with E-state index in [1.165, 1.54) is 30.9 Å². The normalized spacial score (nSPS) is 28.3. The van der Waals surface area contributed by atoms with Crippen LogP contribution in [0.1, 0.15) is 6.23 Å². The summed E-state index contributed by atoms with van der Waals surface area (Å²) in [6.45, 7) is 0.0277. The van der Waals surface area contributed by atoms with E-state index in [1.54, 1.807) is 0 Å². The number of anilines is 1. The van der Waals surface area contributed by atoms with E-state index < -0.39 is 44.0 Å². The van der Waals surface area contributed by atoms with Gasteiger partial charge in [-0.05, 0) is 0 Å². The van der Waals surface area contributed by atoms with Crippen LogP contribution in [0, 0.1) is 0 Å². The van der Waals surface area contributed by atoms with E-state index in [4.69, 9.17) is 24.3 Å². The zero-order chi connectivity index (χ0) is 21.9. The molecule has 2 fully saturated rings.